The molecule has 0 heterocycles. The molecule has 0 saturated carbocycles. The zero-order valence-corrected chi connectivity index (χ0v) is 9.76. The van der Waals surface area contributed by atoms with Gasteiger partial charge in [0, 0.05) is 12.6 Å². The first-order valence-electron chi connectivity index (χ1n) is 4.04. The van der Waals surface area contributed by atoms with Crippen LogP contribution in [0.2, 0.25) is 10.0 Å². The molecule has 0 fully saturated rings. The molecule has 0 atom stereocenters. The molecule has 82 valence electrons. The first kappa shape index (κ1) is 12.1. The second kappa shape index (κ2) is 4.70. The van der Waals surface area contributed by atoms with E-state index in [0.717, 1.165) is 5.06 Å². The molecule has 15 heavy (non-hydrogen) atoms. The van der Waals surface area contributed by atoms with Crippen LogP contribution >= 0.6 is 23.2 Å². The molecule has 1 amide bonds. The number of benzene rings is 1. The maximum absolute atomic E-state index is 11.6. The molecule has 0 aromatic heterocycles. The van der Waals surface area contributed by atoms with Crippen molar-refractivity contribution in [3.63, 3.8) is 0 Å². The SMILES string of the molecule is CON(C)C(=O)c1cc(N)c(Cl)c(Cl)c1. The van der Waals surface area contributed by atoms with E-state index in [-0.39, 0.29) is 21.6 Å². The van der Waals surface area contributed by atoms with Gasteiger partial charge in [0.25, 0.3) is 5.91 Å². The summed E-state index contributed by atoms with van der Waals surface area (Å²) in [7, 11) is 2.87. The maximum Gasteiger partial charge on any atom is 0.277 e. The Balaban J connectivity index is 3.12. The second-order valence-corrected chi connectivity index (χ2v) is 3.63. The molecule has 0 bridgehead atoms. The van der Waals surface area contributed by atoms with Crippen LogP contribution in [0.4, 0.5) is 5.69 Å². The van der Waals surface area contributed by atoms with Crippen LogP contribution in [0.3, 0.4) is 0 Å². The predicted molar refractivity (Wildman–Crippen MR) is 60.0 cm³/mol. The van der Waals surface area contributed by atoms with Crippen molar-refractivity contribution in [1.29, 1.82) is 0 Å². The summed E-state index contributed by atoms with van der Waals surface area (Å²) in [6.45, 7) is 0. The van der Waals surface area contributed by atoms with Crippen molar-refractivity contribution in [3.05, 3.63) is 27.7 Å². The van der Waals surface area contributed by atoms with Crippen LogP contribution in [0.1, 0.15) is 10.4 Å². The van der Waals surface area contributed by atoms with Gasteiger partial charge in [-0.05, 0) is 12.1 Å². The smallest absolute Gasteiger partial charge is 0.277 e. The minimum Gasteiger partial charge on any atom is -0.397 e. The fraction of sp³-hybridized carbons (Fsp3) is 0.222. The van der Waals surface area contributed by atoms with E-state index in [1.54, 1.807) is 0 Å². The van der Waals surface area contributed by atoms with Gasteiger partial charge in [0.05, 0.1) is 22.8 Å². The van der Waals surface area contributed by atoms with Crippen LogP contribution in [0, 0.1) is 0 Å². The highest BCUT2D eigenvalue weighted by atomic mass is 35.5. The molecule has 1 aromatic rings. The summed E-state index contributed by atoms with van der Waals surface area (Å²) >= 11 is 11.5. The lowest BCUT2D eigenvalue weighted by Gasteiger charge is -2.14. The molecule has 4 nitrogen and oxygen atoms in total. The Morgan fingerprint density at radius 1 is 1.47 bits per heavy atom. The molecule has 0 spiro atoms. The minimum atomic E-state index is -0.345. The second-order valence-electron chi connectivity index (χ2n) is 2.85. The van der Waals surface area contributed by atoms with E-state index in [0.29, 0.717) is 5.56 Å². The van der Waals surface area contributed by atoms with Gasteiger partial charge in [0.2, 0.25) is 0 Å². The van der Waals surface area contributed by atoms with E-state index in [4.69, 9.17) is 33.8 Å². The Morgan fingerprint density at radius 2 is 2.07 bits per heavy atom. The Morgan fingerprint density at radius 3 is 2.53 bits per heavy atom. The Bertz CT molecular complexity index is 373. The fourth-order valence-corrected chi connectivity index (χ4v) is 1.33. The van der Waals surface area contributed by atoms with Gasteiger partial charge in [-0.2, -0.15) is 0 Å². The Kier molecular flexibility index (Phi) is 3.79. The van der Waals surface area contributed by atoms with Gasteiger partial charge in [-0.25, -0.2) is 5.06 Å². The zero-order chi connectivity index (χ0) is 11.6. The molecule has 0 aliphatic heterocycles. The largest absolute Gasteiger partial charge is 0.397 e. The number of nitrogens with two attached hydrogens (primary N) is 1. The van der Waals surface area contributed by atoms with Gasteiger partial charge in [0.15, 0.2) is 0 Å². The molecule has 0 radical (unpaired) electrons. The van der Waals surface area contributed by atoms with Gasteiger partial charge in [-0.1, -0.05) is 23.2 Å². The highest BCUT2D eigenvalue weighted by Gasteiger charge is 2.14. The van der Waals surface area contributed by atoms with E-state index >= 15 is 0 Å². The lowest BCUT2D eigenvalue weighted by molar-refractivity contribution is -0.0756. The molecule has 2 N–H and O–H groups in total. The number of carbonyl (C=O) groups is 1. The summed E-state index contributed by atoms with van der Waals surface area (Å²) in [4.78, 5) is 16.4. The average Bonchev–Trinajstić information content (AvgIpc) is 2.23. The number of hydrogen-bond acceptors (Lipinski definition) is 3. The van der Waals surface area contributed by atoms with Gasteiger partial charge < -0.3 is 5.73 Å². The quantitative estimate of drug-likeness (QED) is 0.645. The molecule has 0 aliphatic rings. The van der Waals surface area contributed by atoms with E-state index in [9.17, 15) is 4.79 Å². The maximum atomic E-state index is 11.6. The normalized spacial score (nSPS) is 10.1. The molecule has 1 aromatic carbocycles. The van der Waals surface area contributed by atoms with E-state index in [1.807, 2.05) is 0 Å². The van der Waals surface area contributed by atoms with Crippen molar-refractivity contribution in [2.45, 2.75) is 0 Å². The van der Waals surface area contributed by atoms with Crippen LogP contribution in [0.25, 0.3) is 0 Å². The van der Waals surface area contributed by atoms with Crippen molar-refractivity contribution >= 4 is 34.8 Å². The molecule has 0 unspecified atom stereocenters. The summed E-state index contributed by atoms with van der Waals surface area (Å²) in [6.07, 6.45) is 0. The van der Waals surface area contributed by atoms with Gasteiger partial charge in [-0.15, -0.1) is 0 Å². The number of hydrogen-bond donors (Lipinski definition) is 1. The van der Waals surface area contributed by atoms with Crippen LogP contribution in [-0.4, -0.2) is 25.1 Å². The fourth-order valence-electron chi connectivity index (χ4n) is 0.999. The molecule has 6 heteroatoms. The average molecular weight is 249 g/mol. The van der Waals surface area contributed by atoms with Crippen molar-refractivity contribution in [2.24, 2.45) is 0 Å². The van der Waals surface area contributed by atoms with Crippen molar-refractivity contribution in [3.8, 4) is 0 Å². The zero-order valence-electron chi connectivity index (χ0n) is 8.25. The number of nitrogens with zero attached hydrogens (tertiary/aromatic N) is 1. The molecular weight excluding hydrogens is 239 g/mol. The van der Waals surface area contributed by atoms with Crippen molar-refractivity contribution in [2.75, 3.05) is 19.9 Å². The number of nitrogen functional groups attached to an aromatic ring is 1. The standard InChI is InChI=1S/C9H10Cl2N2O2/c1-13(15-2)9(14)5-3-6(10)8(11)7(12)4-5/h3-4H,12H2,1-2H3. The number of halogens is 2. The van der Waals surface area contributed by atoms with Crippen LogP contribution in [-0.2, 0) is 4.84 Å². The predicted octanol–water partition coefficient (Wildman–Crippen LogP) is 2.21. The molecule has 0 aliphatic carbocycles. The monoisotopic (exact) mass is 248 g/mol. The number of anilines is 1. The van der Waals surface area contributed by atoms with E-state index in [2.05, 4.69) is 0 Å². The molecule has 0 saturated heterocycles. The lowest BCUT2D eigenvalue weighted by atomic mass is 10.2. The first-order chi connectivity index (χ1) is 6.97. The Labute approximate surface area is 97.5 Å². The molecular formula is C9H10Cl2N2O2. The highest BCUT2D eigenvalue weighted by molar-refractivity contribution is 6.43. The summed E-state index contributed by atoms with van der Waals surface area (Å²) in [5.41, 5.74) is 6.16. The number of rotatable bonds is 2. The van der Waals surface area contributed by atoms with Gasteiger partial charge in [0.1, 0.15) is 0 Å². The van der Waals surface area contributed by atoms with Gasteiger partial charge in [-0.3, -0.25) is 9.63 Å². The van der Waals surface area contributed by atoms with Crippen LogP contribution in [0.15, 0.2) is 12.1 Å². The number of carbonyl (C=O) groups excluding carboxylic acids is 1. The van der Waals surface area contributed by atoms with E-state index < -0.39 is 0 Å². The summed E-state index contributed by atoms with van der Waals surface area (Å²) in [6, 6.07) is 2.89. The van der Waals surface area contributed by atoms with Crippen LogP contribution in [0.5, 0.6) is 0 Å². The van der Waals surface area contributed by atoms with Crippen molar-refractivity contribution in [1.82, 2.24) is 5.06 Å². The Hall–Kier alpha value is -0.970. The third kappa shape index (κ3) is 2.53. The number of amides is 1. The summed E-state index contributed by atoms with van der Waals surface area (Å²) in [5, 5.41) is 1.55. The van der Waals surface area contributed by atoms with Gasteiger partial charge >= 0.3 is 0 Å². The molecule has 1 rings (SSSR count). The summed E-state index contributed by atoms with van der Waals surface area (Å²) < 4.78 is 0. The highest BCUT2D eigenvalue weighted by Crippen LogP contribution is 2.29. The summed E-state index contributed by atoms with van der Waals surface area (Å²) in [5.74, 6) is -0.345. The minimum absolute atomic E-state index is 0.240. The topological polar surface area (TPSA) is 55.6 Å². The third-order valence-corrected chi connectivity index (χ3v) is 2.68. The van der Waals surface area contributed by atoms with Crippen molar-refractivity contribution < 1.29 is 9.63 Å². The number of hydroxylamine groups is 2. The van der Waals surface area contributed by atoms with E-state index in [1.165, 1.54) is 26.3 Å². The third-order valence-electron chi connectivity index (χ3n) is 1.86. The van der Waals surface area contributed by atoms with Crippen LogP contribution < -0.4 is 5.73 Å². The lowest BCUT2D eigenvalue weighted by Crippen LogP contribution is -2.25. The first-order valence-corrected chi connectivity index (χ1v) is 4.79.